The summed E-state index contributed by atoms with van der Waals surface area (Å²) in [5, 5.41) is 3.11. The number of hydrogen-bond acceptors (Lipinski definition) is 3. The molecule has 2 atom stereocenters. The van der Waals surface area contributed by atoms with Crippen LogP contribution < -0.4 is 11.1 Å². The van der Waals surface area contributed by atoms with Crippen molar-refractivity contribution in [2.45, 2.75) is 57.7 Å². The zero-order valence-corrected chi connectivity index (χ0v) is 10.7. The minimum Gasteiger partial charge on any atom is -0.352 e. The Morgan fingerprint density at radius 1 is 1.44 bits per heavy atom. The molecule has 2 unspecified atom stereocenters. The van der Waals surface area contributed by atoms with Gasteiger partial charge in [0, 0.05) is 18.6 Å². The second kappa shape index (κ2) is 6.21. The first kappa shape index (κ1) is 13.5. The third-order valence-corrected chi connectivity index (χ3v) is 3.32. The second-order valence-corrected chi connectivity index (χ2v) is 5.08. The average molecular weight is 227 g/mol. The first-order valence-corrected chi connectivity index (χ1v) is 6.27. The van der Waals surface area contributed by atoms with Gasteiger partial charge in [-0.1, -0.05) is 12.8 Å². The van der Waals surface area contributed by atoms with E-state index in [9.17, 15) is 4.79 Å². The van der Waals surface area contributed by atoms with Gasteiger partial charge in [-0.3, -0.25) is 9.69 Å². The van der Waals surface area contributed by atoms with Crippen LogP contribution in [0, 0.1) is 0 Å². The number of nitrogens with one attached hydrogen (secondary N) is 1. The molecule has 16 heavy (non-hydrogen) atoms. The lowest BCUT2D eigenvalue weighted by atomic mass is 10.2. The molecular formula is C12H25N3O. The van der Waals surface area contributed by atoms with Crippen LogP contribution in [-0.4, -0.2) is 42.5 Å². The van der Waals surface area contributed by atoms with Crippen LogP contribution in [0.4, 0.5) is 0 Å². The van der Waals surface area contributed by atoms with Crippen LogP contribution in [0.3, 0.4) is 0 Å². The zero-order valence-electron chi connectivity index (χ0n) is 10.7. The predicted molar refractivity (Wildman–Crippen MR) is 66.1 cm³/mol. The molecule has 0 radical (unpaired) electrons. The van der Waals surface area contributed by atoms with Gasteiger partial charge in [0.25, 0.3) is 0 Å². The molecule has 0 aromatic rings. The van der Waals surface area contributed by atoms with Crippen molar-refractivity contribution in [1.82, 2.24) is 10.2 Å². The highest BCUT2D eigenvalue weighted by molar-refractivity contribution is 5.81. The zero-order chi connectivity index (χ0) is 12.1. The Labute approximate surface area is 98.6 Å². The summed E-state index contributed by atoms with van der Waals surface area (Å²) in [7, 11) is 1.95. The van der Waals surface area contributed by atoms with Crippen molar-refractivity contribution >= 4 is 5.91 Å². The van der Waals surface area contributed by atoms with Gasteiger partial charge in [0.05, 0.1) is 6.04 Å². The second-order valence-electron chi connectivity index (χ2n) is 5.08. The van der Waals surface area contributed by atoms with E-state index in [-0.39, 0.29) is 18.0 Å². The van der Waals surface area contributed by atoms with Gasteiger partial charge in [-0.15, -0.1) is 0 Å². The maximum Gasteiger partial charge on any atom is 0.237 e. The van der Waals surface area contributed by atoms with Crippen molar-refractivity contribution in [3.8, 4) is 0 Å². The van der Waals surface area contributed by atoms with Gasteiger partial charge >= 0.3 is 0 Å². The molecule has 0 aromatic carbocycles. The number of carbonyl (C=O) groups is 1. The van der Waals surface area contributed by atoms with E-state index in [1.807, 2.05) is 25.8 Å². The normalized spacial score (nSPS) is 21.1. The summed E-state index contributed by atoms with van der Waals surface area (Å²) in [5.41, 5.74) is 5.72. The van der Waals surface area contributed by atoms with E-state index >= 15 is 0 Å². The molecule has 0 saturated heterocycles. The Kier molecular flexibility index (Phi) is 5.22. The number of rotatable bonds is 5. The maximum atomic E-state index is 11.9. The quantitative estimate of drug-likeness (QED) is 0.727. The molecular weight excluding hydrogens is 202 g/mol. The molecule has 4 nitrogen and oxygen atoms in total. The fraction of sp³-hybridized carbons (Fsp3) is 0.917. The molecule has 0 aliphatic heterocycles. The Balaban J connectivity index is 2.33. The van der Waals surface area contributed by atoms with Gasteiger partial charge in [-0.2, -0.15) is 0 Å². The van der Waals surface area contributed by atoms with Crippen molar-refractivity contribution in [3.63, 3.8) is 0 Å². The molecule has 1 fully saturated rings. The fourth-order valence-corrected chi connectivity index (χ4v) is 2.20. The lowest BCUT2D eigenvalue weighted by Gasteiger charge is -2.26. The van der Waals surface area contributed by atoms with E-state index in [2.05, 4.69) is 5.32 Å². The standard InChI is InChI=1S/C12H25N3O/c1-9(13)8-15(3)10(2)12(16)14-11-6-4-5-7-11/h9-11H,4-8,13H2,1-3H3,(H,14,16). The highest BCUT2D eigenvalue weighted by Crippen LogP contribution is 2.17. The molecule has 3 N–H and O–H groups in total. The summed E-state index contributed by atoms with van der Waals surface area (Å²) in [5.74, 6) is 0.134. The Morgan fingerprint density at radius 3 is 2.50 bits per heavy atom. The van der Waals surface area contributed by atoms with Crippen molar-refractivity contribution in [2.24, 2.45) is 5.73 Å². The number of amides is 1. The third kappa shape index (κ3) is 4.10. The highest BCUT2D eigenvalue weighted by atomic mass is 16.2. The molecule has 1 rings (SSSR count). The Hall–Kier alpha value is -0.610. The van der Waals surface area contributed by atoms with E-state index in [0.29, 0.717) is 6.04 Å². The summed E-state index contributed by atoms with van der Waals surface area (Å²) in [6.07, 6.45) is 4.76. The van der Waals surface area contributed by atoms with Gasteiger partial charge < -0.3 is 11.1 Å². The summed E-state index contributed by atoms with van der Waals surface area (Å²) >= 11 is 0. The third-order valence-electron chi connectivity index (χ3n) is 3.32. The van der Waals surface area contributed by atoms with Crippen LogP contribution in [0.5, 0.6) is 0 Å². The van der Waals surface area contributed by atoms with Crippen molar-refractivity contribution < 1.29 is 4.79 Å². The predicted octanol–water partition coefficient (Wildman–Crippen LogP) is 0.713. The van der Waals surface area contributed by atoms with Crippen molar-refractivity contribution in [1.29, 1.82) is 0 Å². The lowest BCUT2D eigenvalue weighted by molar-refractivity contribution is -0.126. The van der Waals surface area contributed by atoms with E-state index in [4.69, 9.17) is 5.73 Å². The van der Waals surface area contributed by atoms with Crippen LogP contribution >= 0.6 is 0 Å². The SMILES string of the molecule is CC(N)CN(C)C(C)C(=O)NC1CCCC1. The molecule has 0 heterocycles. The minimum atomic E-state index is -0.0911. The smallest absolute Gasteiger partial charge is 0.237 e. The van der Waals surface area contributed by atoms with Crippen molar-refractivity contribution in [2.75, 3.05) is 13.6 Å². The topological polar surface area (TPSA) is 58.4 Å². The first-order chi connectivity index (χ1) is 7.50. The van der Waals surface area contributed by atoms with Gasteiger partial charge in [-0.25, -0.2) is 0 Å². The Morgan fingerprint density at radius 2 is 2.00 bits per heavy atom. The van der Waals surface area contributed by atoms with Crippen LogP contribution in [-0.2, 0) is 4.79 Å². The van der Waals surface area contributed by atoms with Crippen LogP contribution in [0.25, 0.3) is 0 Å². The molecule has 1 saturated carbocycles. The number of carbonyl (C=O) groups excluding carboxylic acids is 1. The summed E-state index contributed by atoms with van der Waals surface area (Å²) in [6.45, 7) is 4.64. The molecule has 94 valence electrons. The molecule has 0 aromatic heterocycles. The molecule has 0 bridgehead atoms. The van der Waals surface area contributed by atoms with Gasteiger partial charge in [-0.05, 0) is 33.7 Å². The summed E-state index contributed by atoms with van der Waals surface area (Å²) < 4.78 is 0. The molecule has 4 heteroatoms. The van der Waals surface area contributed by atoms with E-state index in [1.54, 1.807) is 0 Å². The Bertz CT molecular complexity index is 224. The minimum absolute atomic E-state index is 0.0911. The maximum absolute atomic E-state index is 11.9. The first-order valence-electron chi connectivity index (χ1n) is 6.27. The van der Waals surface area contributed by atoms with Gasteiger partial charge in [0.15, 0.2) is 0 Å². The molecule has 1 aliphatic rings. The van der Waals surface area contributed by atoms with Gasteiger partial charge in [0.1, 0.15) is 0 Å². The summed E-state index contributed by atoms with van der Waals surface area (Å²) in [6, 6.07) is 0.414. The van der Waals surface area contributed by atoms with Crippen molar-refractivity contribution in [3.05, 3.63) is 0 Å². The van der Waals surface area contributed by atoms with Crippen LogP contribution in [0.1, 0.15) is 39.5 Å². The molecule has 1 amide bonds. The monoisotopic (exact) mass is 227 g/mol. The van der Waals surface area contributed by atoms with E-state index in [0.717, 1.165) is 19.4 Å². The van der Waals surface area contributed by atoms with E-state index < -0.39 is 0 Å². The largest absolute Gasteiger partial charge is 0.352 e. The molecule has 0 spiro atoms. The molecule has 1 aliphatic carbocycles. The average Bonchev–Trinajstić information content (AvgIpc) is 2.68. The highest BCUT2D eigenvalue weighted by Gasteiger charge is 2.23. The van der Waals surface area contributed by atoms with E-state index in [1.165, 1.54) is 12.8 Å². The van der Waals surface area contributed by atoms with Crippen LogP contribution in [0.15, 0.2) is 0 Å². The van der Waals surface area contributed by atoms with Crippen LogP contribution in [0.2, 0.25) is 0 Å². The van der Waals surface area contributed by atoms with Gasteiger partial charge in [0.2, 0.25) is 5.91 Å². The number of likely N-dealkylation sites (N-methyl/N-ethyl adjacent to an activating group) is 1. The summed E-state index contributed by atoms with van der Waals surface area (Å²) in [4.78, 5) is 13.9. The number of nitrogens with two attached hydrogens (primary N) is 1. The lowest BCUT2D eigenvalue weighted by Crippen LogP contribution is -2.48. The number of nitrogens with zero attached hydrogens (tertiary/aromatic N) is 1. The fourth-order valence-electron chi connectivity index (χ4n) is 2.20. The number of hydrogen-bond donors (Lipinski definition) is 2.